The van der Waals surface area contributed by atoms with Gasteiger partial charge in [-0.15, -0.1) is 0 Å². The van der Waals surface area contributed by atoms with E-state index in [0.29, 0.717) is 12.5 Å². The van der Waals surface area contributed by atoms with Crippen molar-refractivity contribution in [3.05, 3.63) is 0 Å². The summed E-state index contributed by atoms with van der Waals surface area (Å²) in [6.45, 7) is 11.5. The second kappa shape index (κ2) is 7.67. The highest BCUT2D eigenvalue weighted by Gasteiger charge is 2.23. The van der Waals surface area contributed by atoms with Crippen LogP contribution in [0.25, 0.3) is 0 Å². The van der Waals surface area contributed by atoms with E-state index in [0.717, 1.165) is 13.0 Å². The summed E-state index contributed by atoms with van der Waals surface area (Å²) >= 11 is 0. The fourth-order valence-electron chi connectivity index (χ4n) is 1.69. The number of rotatable bonds is 8. The molecule has 0 aromatic carbocycles. The number of carbonyl (C=O) groups is 1. The molecule has 0 aliphatic heterocycles. The Kier molecular flexibility index (Phi) is 7.39. The van der Waals surface area contributed by atoms with Crippen LogP contribution in [-0.2, 0) is 9.53 Å². The van der Waals surface area contributed by atoms with E-state index >= 15 is 0 Å². The third-order valence-corrected chi connectivity index (χ3v) is 2.53. The number of hydrogen-bond acceptors (Lipinski definition) is 3. The van der Waals surface area contributed by atoms with Gasteiger partial charge >= 0.3 is 0 Å². The van der Waals surface area contributed by atoms with Gasteiger partial charge in [-0.2, -0.15) is 0 Å². The zero-order valence-electron chi connectivity index (χ0n) is 12.1. The number of hydrogen-bond donors (Lipinski definition) is 2. The Labute approximate surface area is 105 Å². The van der Waals surface area contributed by atoms with Crippen LogP contribution in [0.1, 0.15) is 41.0 Å². The van der Waals surface area contributed by atoms with Gasteiger partial charge < -0.3 is 10.1 Å². The Morgan fingerprint density at radius 1 is 1.29 bits per heavy atom. The Morgan fingerprint density at radius 2 is 1.88 bits per heavy atom. The van der Waals surface area contributed by atoms with Gasteiger partial charge in [0.15, 0.2) is 0 Å². The minimum atomic E-state index is -0.202. The molecule has 1 atom stereocenters. The quantitative estimate of drug-likeness (QED) is 0.681. The molecule has 0 heterocycles. The summed E-state index contributed by atoms with van der Waals surface area (Å²) in [5, 5.41) is 6.19. The van der Waals surface area contributed by atoms with Crippen LogP contribution >= 0.6 is 0 Å². The predicted molar refractivity (Wildman–Crippen MR) is 71.0 cm³/mol. The maximum Gasteiger partial charge on any atom is 0.236 e. The summed E-state index contributed by atoms with van der Waals surface area (Å²) in [6.07, 6.45) is 1.01. The number of methoxy groups -OCH3 is 1. The van der Waals surface area contributed by atoms with E-state index in [-0.39, 0.29) is 17.5 Å². The normalized spacial score (nSPS) is 13.8. The smallest absolute Gasteiger partial charge is 0.236 e. The standard InChI is InChI=1S/C13H28N2O2/c1-10(2)7-8-14-12(16)11(3)15-13(4,5)9-17-6/h10-11,15H,7-9H2,1-6H3,(H,14,16). The highest BCUT2D eigenvalue weighted by Crippen LogP contribution is 2.04. The largest absolute Gasteiger partial charge is 0.383 e. The van der Waals surface area contributed by atoms with Crippen molar-refractivity contribution in [1.29, 1.82) is 0 Å². The third kappa shape index (κ3) is 8.16. The molecule has 4 heteroatoms. The molecule has 0 spiro atoms. The molecule has 0 rings (SSSR count). The van der Waals surface area contributed by atoms with Crippen LogP contribution in [0.5, 0.6) is 0 Å². The molecule has 0 aromatic heterocycles. The van der Waals surface area contributed by atoms with Crippen molar-refractivity contribution in [1.82, 2.24) is 10.6 Å². The van der Waals surface area contributed by atoms with Gasteiger partial charge in [0.05, 0.1) is 12.6 Å². The summed E-state index contributed by atoms with van der Waals surface area (Å²) in [5.41, 5.74) is -0.191. The molecule has 0 radical (unpaired) electrons. The molecule has 2 N–H and O–H groups in total. The Morgan fingerprint density at radius 3 is 2.35 bits per heavy atom. The van der Waals surface area contributed by atoms with Crippen LogP contribution in [0.4, 0.5) is 0 Å². The Bertz CT molecular complexity index is 227. The molecule has 0 aliphatic carbocycles. The van der Waals surface area contributed by atoms with E-state index in [1.165, 1.54) is 0 Å². The average molecular weight is 244 g/mol. The monoisotopic (exact) mass is 244 g/mol. The summed E-state index contributed by atoms with van der Waals surface area (Å²) in [4.78, 5) is 11.8. The topological polar surface area (TPSA) is 50.4 Å². The lowest BCUT2D eigenvalue weighted by atomic mass is 10.1. The van der Waals surface area contributed by atoms with Crippen molar-refractivity contribution in [2.24, 2.45) is 5.92 Å². The van der Waals surface area contributed by atoms with Crippen molar-refractivity contribution in [3.63, 3.8) is 0 Å². The van der Waals surface area contributed by atoms with Gasteiger partial charge in [0.2, 0.25) is 5.91 Å². The summed E-state index contributed by atoms with van der Waals surface area (Å²) in [6, 6.07) is -0.202. The van der Waals surface area contributed by atoms with Gasteiger partial charge in [-0.3, -0.25) is 10.1 Å². The average Bonchev–Trinajstić information content (AvgIpc) is 2.15. The van der Waals surface area contributed by atoms with E-state index in [1.54, 1.807) is 7.11 Å². The van der Waals surface area contributed by atoms with Crippen LogP contribution in [0.15, 0.2) is 0 Å². The van der Waals surface area contributed by atoms with Gasteiger partial charge in [0, 0.05) is 19.2 Å². The molecule has 0 fully saturated rings. The molecule has 0 saturated carbocycles. The fraction of sp³-hybridized carbons (Fsp3) is 0.923. The molecule has 1 amide bonds. The van der Waals surface area contributed by atoms with Crippen molar-refractivity contribution >= 4 is 5.91 Å². The fourth-order valence-corrected chi connectivity index (χ4v) is 1.69. The molecular formula is C13H28N2O2. The molecule has 0 saturated heterocycles. The maximum atomic E-state index is 11.8. The molecule has 0 aromatic rings. The number of amides is 1. The number of nitrogens with one attached hydrogen (secondary N) is 2. The molecule has 0 aliphatic rings. The van der Waals surface area contributed by atoms with Gasteiger partial charge in [-0.1, -0.05) is 13.8 Å². The summed E-state index contributed by atoms with van der Waals surface area (Å²) < 4.78 is 5.11. The zero-order valence-corrected chi connectivity index (χ0v) is 12.1. The lowest BCUT2D eigenvalue weighted by molar-refractivity contribution is -0.123. The highest BCUT2D eigenvalue weighted by atomic mass is 16.5. The second-order valence-electron chi connectivity index (χ2n) is 5.66. The van der Waals surface area contributed by atoms with E-state index in [4.69, 9.17) is 4.74 Å². The van der Waals surface area contributed by atoms with E-state index < -0.39 is 0 Å². The first-order valence-electron chi connectivity index (χ1n) is 6.33. The molecular weight excluding hydrogens is 216 g/mol. The van der Waals surface area contributed by atoms with Crippen molar-refractivity contribution < 1.29 is 9.53 Å². The van der Waals surface area contributed by atoms with Gasteiger partial charge in [-0.05, 0) is 33.1 Å². The number of carbonyl (C=O) groups excluding carboxylic acids is 1. The van der Waals surface area contributed by atoms with Crippen molar-refractivity contribution in [3.8, 4) is 0 Å². The van der Waals surface area contributed by atoms with Crippen LogP contribution < -0.4 is 10.6 Å². The molecule has 102 valence electrons. The Balaban J connectivity index is 3.96. The van der Waals surface area contributed by atoms with Crippen molar-refractivity contribution in [2.45, 2.75) is 52.6 Å². The summed E-state index contributed by atoms with van der Waals surface area (Å²) in [7, 11) is 1.66. The van der Waals surface area contributed by atoms with Crippen LogP contribution in [-0.4, -0.2) is 37.7 Å². The zero-order chi connectivity index (χ0) is 13.5. The second-order valence-corrected chi connectivity index (χ2v) is 5.66. The van der Waals surface area contributed by atoms with E-state index in [9.17, 15) is 4.79 Å². The lowest BCUT2D eigenvalue weighted by Crippen LogP contribution is -2.53. The van der Waals surface area contributed by atoms with Crippen molar-refractivity contribution in [2.75, 3.05) is 20.3 Å². The SMILES string of the molecule is COCC(C)(C)NC(C)C(=O)NCCC(C)C. The van der Waals surface area contributed by atoms with E-state index in [1.807, 2.05) is 20.8 Å². The molecule has 4 nitrogen and oxygen atoms in total. The lowest BCUT2D eigenvalue weighted by Gasteiger charge is -2.29. The van der Waals surface area contributed by atoms with Gasteiger partial charge in [0.1, 0.15) is 0 Å². The molecule has 0 bridgehead atoms. The van der Waals surface area contributed by atoms with Crippen LogP contribution in [0, 0.1) is 5.92 Å². The highest BCUT2D eigenvalue weighted by molar-refractivity contribution is 5.81. The minimum Gasteiger partial charge on any atom is -0.383 e. The summed E-state index contributed by atoms with van der Waals surface area (Å²) in [5.74, 6) is 0.665. The molecule has 17 heavy (non-hydrogen) atoms. The van der Waals surface area contributed by atoms with Gasteiger partial charge in [0.25, 0.3) is 0 Å². The first kappa shape index (κ1) is 16.4. The van der Waals surface area contributed by atoms with E-state index in [2.05, 4.69) is 24.5 Å². The first-order chi connectivity index (χ1) is 7.78. The number of ether oxygens (including phenoxy) is 1. The maximum absolute atomic E-state index is 11.8. The first-order valence-corrected chi connectivity index (χ1v) is 6.33. The molecule has 1 unspecified atom stereocenters. The Hall–Kier alpha value is -0.610. The van der Waals surface area contributed by atoms with Gasteiger partial charge in [-0.25, -0.2) is 0 Å². The third-order valence-electron chi connectivity index (χ3n) is 2.53. The minimum absolute atomic E-state index is 0.0508. The van der Waals surface area contributed by atoms with Crippen LogP contribution in [0.3, 0.4) is 0 Å². The van der Waals surface area contributed by atoms with Crippen LogP contribution in [0.2, 0.25) is 0 Å². The predicted octanol–water partition coefficient (Wildman–Crippen LogP) is 1.55.